The highest BCUT2D eigenvalue weighted by molar-refractivity contribution is 5.68. The zero-order chi connectivity index (χ0) is 13.5. The summed E-state index contributed by atoms with van der Waals surface area (Å²) in [4.78, 5) is 13.2. The zero-order valence-corrected chi connectivity index (χ0v) is 11.5. The van der Waals surface area contributed by atoms with Crippen LogP contribution >= 0.6 is 0 Å². The zero-order valence-electron chi connectivity index (χ0n) is 11.5. The Kier molecular flexibility index (Phi) is 7.15. The average molecular weight is 249 g/mol. The van der Waals surface area contributed by atoms with Gasteiger partial charge in [0.25, 0.3) is 0 Å². The number of aliphatic hydroxyl groups is 1. The summed E-state index contributed by atoms with van der Waals surface area (Å²) < 4.78 is 10.5. The van der Waals surface area contributed by atoms with Crippen molar-refractivity contribution < 1.29 is 20.8 Å². The first-order valence-corrected chi connectivity index (χ1v) is 6.13. The van der Waals surface area contributed by atoms with E-state index in [1.165, 1.54) is 0 Å². The van der Waals surface area contributed by atoms with Gasteiger partial charge in [0.15, 0.2) is 0 Å². The molecule has 0 unspecified atom stereocenters. The summed E-state index contributed by atoms with van der Waals surface area (Å²) in [5.41, 5.74) is -0.482. The lowest BCUT2D eigenvalue weighted by molar-refractivity contribution is -0.0593. The molecule has 104 valence electrons. The first-order valence-electron chi connectivity index (χ1n) is 6.13. The van der Waals surface area contributed by atoms with Gasteiger partial charge in [-0.15, -0.1) is 0 Å². The third-order valence-corrected chi connectivity index (χ3v) is 1.99. The van der Waals surface area contributed by atoms with Crippen LogP contribution in [0.1, 0.15) is 36.0 Å². The molecule has 5 heteroatoms. The van der Waals surface area contributed by atoms with Crippen molar-refractivity contribution in [1.82, 2.24) is 4.90 Å². The topological polar surface area (TPSA) is 59.0 Å². The van der Waals surface area contributed by atoms with E-state index >= 15 is 0 Å². The van der Waals surface area contributed by atoms with Crippen molar-refractivity contribution >= 4 is 6.09 Å². The Labute approximate surface area is 105 Å². The van der Waals surface area contributed by atoms with Gasteiger partial charge in [-0.1, -0.05) is 13.8 Å². The molecule has 0 aromatic carbocycles. The Hall–Kier alpha value is -0.810. The Morgan fingerprint density at radius 1 is 1.53 bits per heavy atom. The van der Waals surface area contributed by atoms with Crippen LogP contribution in [0.15, 0.2) is 0 Å². The summed E-state index contributed by atoms with van der Waals surface area (Å²) in [7, 11) is 0. The van der Waals surface area contributed by atoms with Crippen molar-refractivity contribution in [1.29, 1.82) is 0 Å². The van der Waals surface area contributed by atoms with E-state index in [0.29, 0.717) is 19.7 Å². The lowest BCUT2D eigenvalue weighted by atomic mass is 10.2. The second-order valence-corrected chi connectivity index (χ2v) is 4.60. The van der Waals surface area contributed by atoms with E-state index in [2.05, 4.69) is 0 Å². The van der Waals surface area contributed by atoms with Crippen LogP contribution in [0.3, 0.4) is 0 Å². The van der Waals surface area contributed by atoms with E-state index in [1.54, 1.807) is 4.90 Å². The van der Waals surface area contributed by atoms with Crippen LogP contribution in [0, 0.1) is 0 Å². The molecular formula is C12H27NO4. The first kappa shape index (κ1) is 16.2. The van der Waals surface area contributed by atoms with Gasteiger partial charge < -0.3 is 19.5 Å². The van der Waals surface area contributed by atoms with Gasteiger partial charge in [-0.05, 0) is 20.8 Å². The summed E-state index contributed by atoms with van der Waals surface area (Å²) in [6, 6.07) is 0. The van der Waals surface area contributed by atoms with Gasteiger partial charge in [-0.25, -0.2) is 4.79 Å². The largest absolute Gasteiger partial charge is 0.444 e. The third kappa shape index (κ3) is 6.48. The number of ether oxygens (including phenoxy) is 2. The number of morpholine rings is 1. The van der Waals surface area contributed by atoms with Crippen LogP contribution in [-0.4, -0.2) is 54.1 Å². The Morgan fingerprint density at radius 2 is 2.12 bits per heavy atom. The smallest absolute Gasteiger partial charge is 0.410 e. The highest BCUT2D eigenvalue weighted by atomic mass is 16.6. The van der Waals surface area contributed by atoms with Gasteiger partial charge in [0, 0.05) is 7.97 Å². The molecular weight excluding hydrogens is 222 g/mol. The molecule has 0 spiro atoms. The molecule has 17 heavy (non-hydrogen) atoms. The number of aliphatic hydroxyl groups excluding tert-OH is 1. The minimum absolute atomic E-state index is 0. The number of carbonyl (C=O) groups is 1. The van der Waals surface area contributed by atoms with Gasteiger partial charge in [0.2, 0.25) is 0 Å². The van der Waals surface area contributed by atoms with Crippen molar-refractivity contribution in [3.63, 3.8) is 0 Å². The molecule has 0 bridgehead atoms. The lowest BCUT2D eigenvalue weighted by Crippen LogP contribution is -2.48. The fourth-order valence-corrected chi connectivity index (χ4v) is 1.32. The number of hydrogen-bond donors (Lipinski definition) is 1. The normalized spacial score (nSPS) is 20.4. The molecule has 1 aliphatic heterocycles. The van der Waals surface area contributed by atoms with Crippen molar-refractivity contribution in [2.75, 3.05) is 26.3 Å². The maximum Gasteiger partial charge on any atom is 0.410 e. The maximum atomic E-state index is 11.6. The molecule has 1 atom stereocenters. The van der Waals surface area contributed by atoms with Gasteiger partial charge in [0.05, 0.1) is 25.9 Å². The summed E-state index contributed by atoms with van der Waals surface area (Å²) in [5.74, 6) is 0. The van der Waals surface area contributed by atoms with E-state index in [0.717, 1.165) is 0 Å². The number of rotatable bonds is 1. The van der Waals surface area contributed by atoms with Gasteiger partial charge in [-0.2, -0.15) is 0 Å². The minimum Gasteiger partial charge on any atom is -0.444 e. The van der Waals surface area contributed by atoms with Crippen LogP contribution in [0.5, 0.6) is 0 Å². The molecule has 1 aliphatic rings. The van der Waals surface area contributed by atoms with Crippen LogP contribution in [0.4, 0.5) is 4.79 Å². The maximum absolute atomic E-state index is 11.6. The summed E-state index contributed by atoms with van der Waals surface area (Å²) >= 11 is 0. The molecule has 1 heterocycles. The average Bonchev–Trinajstić information content (AvgIpc) is 2.29. The predicted molar refractivity (Wildman–Crippen MR) is 68.1 cm³/mol. The molecule has 0 saturated carbocycles. The molecule has 0 aromatic heterocycles. The highest BCUT2D eigenvalue weighted by Gasteiger charge is 2.27. The molecule has 1 N–H and O–H groups in total. The van der Waals surface area contributed by atoms with E-state index in [9.17, 15) is 4.79 Å². The molecule has 1 saturated heterocycles. The summed E-state index contributed by atoms with van der Waals surface area (Å²) in [5, 5.41) is 8.92. The fraction of sp³-hybridized carbons (Fsp3) is 0.917. The molecule has 0 aromatic rings. The van der Waals surface area contributed by atoms with Gasteiger partial charge in [0.1, 0.15) is 5.60 Å². The minimum atomic E-state index is -0.482. The Morgan fingerprint density at radius 3 is 2.59 bits per heavy atom. The van der Waals surface area contributed by atoms with Gasteiger partial charge in [-0.3, -0.25) is 0 Å². The van der Waals surface area contributed by atoms with Crippen molar-refractivity contribution in [2.24, 2.45) is 0 Å². The van der Waals surface area contributed by atoms with Crippen molar-refractivity contribution in [3.8, 4) is 0 Å². The SMILES string of the molecule is CC.CC(C)(C)OC(=O)N1CCO[C@@H](CO)C1.[HH]. The highest BCUT2D eigenvalue weighted by Crippen LogP contribution is 2.12. The number of carbonyl (C=O) groups excluding carboxylic acids is 1. The standard InChI is InChI=1S/C10H19NO4.C2H6.H2/c1-10(2,3)15-9(13)11-4-5-14-8(6-11)7-12;1-2;/h8,12H,4-7H2,1-3H3;1-2H3;1H/t8-;;/m1../s1. The first-order chi connectivity index (χ1) is 7.92. The summed E-state index contributed by atoms with van der Waals surface area (Å²) in [6.07, 6.45) is -0.629. The molecule has 1 fully saturated rings. The van der Waals surface area contributed by atoms with Crippen LogP contribution in [-0.2, 0) is 9.47 Å². The van der Waals surface area contributed by atoms with E-state index in [-0.39, 0.29) is 20.2 Å². The predicted octanol–water partition coefficient (Wildman–Crippen LogP) is 1.89. The Bertz CT molecular complexity index is 231. The van der Waals surface area contributed by atoms with E-state index < -0.39 is 5.60 Å². The second-order valence-electron chi connectivity index (χ2n) is 4.60. The Balaban J connectivity index is 0. The molecule has 1 rings (SSSR count). The molecule has 0 aliphatic carbocycles. The number of amides is 1. The van der Waals surface area contributed by atoms with Crippen LogP contribution < -0.4 is 0 Å². The van der Waals surface area contributed by atoms with Crippen molar-refractivity contribution in [2.45, 2.75) is 46.3 Å². The number of nitrogens with zero attached hydrogens (tertiary/aromatic N) is 1. The number of hydrogen-bond acceptors (Lipinski definition) is 4. The fourth-order valence-electron chi connectivity index (χ4n) is 1.32. The van der Waals surface area contributed by atoms with Crippen molar-refractivity contribution in [3.05, 3.63) is 0 Å². The second kappa shape index (κ2) is 7.50. The van der Waals surface area contributed by atoms with E-state index in [1.807, 2.05) is 34.6 Å². The molecule has 0 radical (unpaired) electrons. The quantitative estimate of drug-likeness (QED) is 0.771. The van der Waals surface area contributed by atoms with Crippen LogP contribution in [0.25, 0.3) is 0 Å². The monoisotopic (exact) mass is 249 g/mol. The summed E-state index contributed by atoms with van der Waals surface area (Å²) in [6.45, 7) is 10.8. The van der Waals surface area contributed by atoms with Gasteiger partial charge >= 0.3 is 6.09 Å². The van der Waals surface area contributed by atoms with Crippen LogP contribution in [0.2, 0.25) is 0 Å². The lowest BCUT2D eigenvalue weighted by Gasteiger charge is -2.33. The third-order valence-electron chi connectivity index (χ3n) is 1.99. The molecule has 1 amide bonds. The molecule has 5 nitrogen and oxygen atoms in total. The van der Waals surface area contributed by atoms with E-state index in [4.69, 9.17) is 14.6 Å².